The van der Waals surface area contributed by atoms with Gasteiger partial charge in [0.2, 0.25) is 0 Å². The maximum atomic E-state index is 13.3. The fourth-order valence-corrected chi connectivity index (χ4v) is 2.72. The van der Waals surface area contributed by atoms with Crippen molar-refractivity contribution in [2.24, 2.45) is 0 Å². The van der Waals surface area contributed by atoms with Crippen LogP contribution in [0.1, 0.15) is 27.9 Å². The highest BCUT2D eigenvalue weighted by Crippen LogP contribution is 2.29. The van der Waals surface area contributed by atoms with Crippen molar-refractivity contribution in [1.29, 1.82) is 0 Å². The summed E-state index contributed by atoms with van der Waals surface area (Å²) in [5, 5.41) is 0. The molecule has 0 saturated heterocycles. The first kappa shape index (κ1) is 13.7. The standard InChI is InChI=1S/C17H15F2NO/c1-11-4-7-16-12(9-11)3-2-8-20(16)17(21)13-5-6-14(18)15(19)10-13/h4-7,9-10H,2-3,8H2,1H3. The van der Waals surface area contributed by atoms with Gasteiger partial charge in [0.25, 0.3) is 5.91 Å². The minimum atomic E-state index is -0.998. The van der Waals surface area contributed by atoms with Crippen molar-refractivity contribution in [1.82, 2.24) is 0 Å². The van der Waals surface area contributed by atoms with E-state index in [1.165, 1.54) is 6.07 Å². The minimum absolute atomic E-state index is 0.169. The number of carbonyl (C=O) groups excluding carboxylic acids is 1. The molecule has 0 saturated carbocycles. The van der Waals surface area contributed by atoms with E-state index in [1.54, 1.807) is 4.90 Å². The predicted molar refractivity (Wildman–Crippen MR) is 77.5 cm³/mol. The van der Waals surface area contributed by atoms with Gasteiger partial charge in [-0.05, 0) is 49.6 Å². The maximum Gasteiger partial charge on any atom is 0.258 e. The van der Waals surface area contributed by atoms with Gasteiger partial charge in [0.05, 0.1) is 0 Å². The number of aryl methyl sites for hydroxylation is 2. The van der Waals surface area contributed by atoms with Crippen molar-refractivity contribution >= 4 is 11.6 Å². The lowest BCUT2D eigenvalue weighted by Gasteiger charge is -2.30. The molecule has 4 heteroatoms. The fraction of sp³-hybridized carbons (Fsp3) is 0.235. The third-order valence-electron chi connectivity index (χ3n) is 3.77. The van der Waals surface area contributed by atoms with Crippen LogP contribution in [-0.2, 0) is 6.42 Å². The third-order valence-corrected chi connectivity index (χ3v) is 3.77. The van der Waals surface area contributed by atoms with Gasteiger partial charge in [-0.2, -0.15) is 0 Å². The number of halogens is 2. The Morgan fingerprint density at radius 3 is 2.67 bits per heavy atom. The number of hydrogen-bond acceptors (Lipinski definition) is 1. The number of carbonyl (C=O) groups is 1. The monoisotopic (exact) mass is 287 g/mol. The van der Waals surface area contributed by atoms with Crippen LogP contribution in [0, 0.1) is 18.6 Å². The van der Waals surface area contributed by atoms with Crippen molar-refractivity contribution in [3.63, 3.8) is 0 Å². The van der Waals surface area contributed by atoms with Crippen LogP contribution in [-0.4, -0.2) is 12.5 Å². The first-order valence-electron chi connectivity index (χ1n) is 6.93. The van der Waals surface area contributed by atoms with Gasteiger partial charge in [-0.15, -0.1) is 0 Å². The third kappa shape index (κ3) is 2.53. The highest BCUT2D eigenvalue weighted by molar-refractivity contribution is 6.06. The lowest BCUT2D eigenvalue weighted by atomic mass is 9.99. The SMILES string of the molecule is Cc1ccc2c(c1)CCCN2C(=O)c1ccc(F)c(F)c1. The number of amides is 1. The molecule has 0 aromatic heterocycles. The van der Waals surface area contributed by atoms with Crippen molar-refractivity contribution in [3.05, 3.63) is 64.7 Å². The molecule has 0 atom stereocenters. The van der Waals surface area contributed by atoms with Crippen LogP contribution in [0.3, 0.4) is 0 Å². The topological polar surface area (TPSA) is 20.3 Å². The summed E-state index contributed by atoms with van der Waals surface area (Å²) in [5.41, 5.74) is 3.30. The first-order chi connectivity index (χ1) is 10.1. The summed E-state index contributed by atoms with van der Waals surface area (Å²) >= 11 is 0. The molecule has 0 N–H and O–H groups in total. The van der Waals surface area contributed by atoms with Gasteiger partial charge in [0.15, 0.2) is 11.6 Å². The van der Waals surface area contributed by atoms with E-state index in [2.05, 4.69) is 6.07 Å². The maximum absolute atomic E-state index is 13.3. The van der Waals surface area contributed by atoms with Crippen LogP contribution >= 0.6 is 0 Å². The molecule has 0 fully saturated rings. The van der Waals surface area contributed by atoms with E-state index in [-0.39, 0.29) is 11.5 Å². The van der Waals surface area contributed by atoms with E-state index in [1.807, 2.05) is 19.1 Å². The van der Waals surface area contributed by atoms with Crippen molar-refractivity contribution < 1.29 is 13.6 Å². The molecule has 2 aromatic rings. The van der Waals surface area contributed by atoms with E-state index >= 15 is 0 Å². The second-order valence-electron chi connectivity index (χ2n) is 5.32. The molecule has 2 nitrogen and oxygen atoms in total. The quantitative estimate of drug-likeness (QED) is 0.779. The molecule has 0 spiro atoms. The summed E-state index contributed by atoms with van der Waals surface area (Å²) in [7, 11) is 0. The molecule has 0 radical (unpaired) electrons. The predicted octanol–water partition coefficient (Wildman–Crippen LogP) is 3.87. The zero-order chi connectivity index (χ0) is 15.0. The molecular formula is C17H15F2NO. The Balaban J connectivity index is 1.98. The molecule has 1 aliphatic heterocycles. The molecule has 0 aliphatic carbocycles. The fourth-order valence-electron chi connectivity index (χ4n) is 2.72. The van der Waals surface area contributed by atoms with E-state index in [9.17, 15) is 13.6 Å². The highest BCUT2D eigenvalue weighted by Gasteiger charge is 2.24. The number of benzene rings is 2. The van der Waals surface area contributed by atoms with Gasteiger partial charge >= 0.3 is 0 Å². The lowest BCUT2D eigenvalue weighted by molar-refractivity contribution is 0.0984. The second kappa shape index (κ2) is 5.28. The largest absolute Gasteiger partial charge is 0.308 e. The molecule has 0 unspecified atom stereocenters. The zero-order valence-corrected chi connectivity index (χ0v) is 11.7. The molecule has 1 heterocycles. The number of rotatable bonds is 1. The van der Waals surface area contributed by atoms with E-state index in [0.29, 0.717) is 6.54 Å². The first-order valence-corrected chi connectivity index (χ1v) is 6.93. The van der Waals surface area contributed by atoms with E-state index < -0.39 is 11.6 Å². The molecule has 1 aliphatic rings. The summed E-state index contributed by atoms with van der Waals surface area (Å²) < 4.78 is 26.3. The summed E-state index contributed by atoms with van der Waals surface area (Å²) in [5.74, 6) is -2.23. The molecule has 0 bridgehead atoms. The number of anilines is 1. The van der Waals surface area contributed by atoms with Crippen molar-refractivity contribution in [3.8, 4) is 0 Å². The van der Waals surface area contributed by atoms with Crippen LogP contribution < -0.4 is 4.90 Å². The van der Waals surface area contributed by atoms with E-state index in [0.717, 1.165) is 41.8 Å². The van der Waals surface area contributed by atoms with Gasteiger partial charge in [0, 0.05) is 17.8 Å². The number of nitrogens with zero attached hydrogens (tertiary/aromatic N) is 1. The van der Waals surface area contributed by atoms with Crippen LogP contribution in [0.15, 0.2) is 36.4 Å². The van der Waals surface area contributed by atoms with Crippen molar-refractivity contribution in [2.75, 3.05) is 11.4 Å². The van der Waals surface area contributed by atoms with Crippen LogP contribution in [0.2, 0.25) is 0 Å². The molecule has 1 amide bonds. The van der Waals surface area contributed by atoms with Crippen molar-refractivity contribution in [2.45, 2.75) is 19.8 Å². The Labute approximate surface area is 122 Å². The molecule has 108 valence electrons. The molecule has 21 heavy (non-hydrogen) atoms. The van der Waals surface area contributed by atoms with Crippen LogP contribution in [0.5, 0.6) is 0 Å². The van der Waals surface area contributed by atoms with Crippen LogP contribution in [0.4, 0.5) is 14.5 Å². The van der Waals surface area contributed by atoms with Gasteiger partial charge < -0.3 is 4.90 Å². The summed E-state index contributed by atoms with van der Waals surface area (Å²) in [6.07, 6.45) is 1.80. The van der Waals surface area contributed by atoms with Gasteiger partial charge in [-0.1, -0.05) is 17.7 Å². The Hall–Kier alpha value is -2.23. The number of fused-ring (bicyclic) bond motifs is 1. The summed E-state index contributed by atoms with van der Waals surface area (Å²) in [4.78, 5) is 14.2. The molecule has 3 rings (SSSR count). The van der Waals surface area contributed by atoms with Gasteiger partial charge in [-0.3, -0.25) is 4.79 Å². The van der Waals surface area contributed by atoms with Gasteiger partial charge in [-0.25, -0.2) is 8.78 Å². The van der Waals surface area contributed by atoms with E-state index in [4.69, 9.17) is 0 Å². The Kier molecular flexibility index (Phi) is 3.45. The summed E-state index contributed by atoms with van der Waals surface area (Å²) in [6.45, 7) is 2.60. The number of hydrogen-bond donors (Lipinski definition) is 0. The average Bonchev–Trinajstić information content (AvgIpc) is 2.48. The minimum Gasteiger partial charge on any atom is -0.308 e. The summed E-state index contributed by atoms with van der Waals surface area (Å²) in [6, 6.07) is 9.21. The Morgan fingerprint density at radius 1 is 1.10 bits per heavy atom. The zero-order valence-electron chi connectivity index (χ0n) is 11.7. The normalized spacial score (nSPS) is 14.0. The average molecular weight is 287 g/mol. The molecule has 2 aromatic carbocycles. The Morgan fingerprint density at radius 2 is 1.90 bits per heavy atom. The smallest absolute Gasteiger partial charge is 0.258 e. The van der Waals surface area contributed by atoms with Gasteiger partial charge in [0.1, 0.15) is 0 Å². The highest BCUT2D eigenvalue weighted by atomic mass is 19.2. The Bertz CT molecular complexity index is 712. The second-order valence-corrected chi connectivity index (χ2v) is 5.32. The molecular weight excluding hydrogens is 272 g/mol. The van der Waals surface area contributed by atoms with Crippen LogP contribution in [0.25, 0.3) is 0 Å². The lowest BCUT2D eigenvalue weighted by Crippen LogP contribution is -2.35.